The quantitative estimate of drug-likeness (QED) is 0.803. The average molecular weight is 261 g/mol. The molecule has 7 heteroatoms. The van der Waals surface area contributed by atoms with E-state index in [0.29, 0.717) is 24.7 Å². The Labute approximate surface area is 109 Å². The number of piperidine rings is 1. The maximum absolute atomic E-state index is 10.9. The third kappa shape index (κ3) is 2.18. The van der Waals surface area contributed by atoms with Crippen molar-refractivity contribution in [1.82, 2.24) is 19.5 Å². The number of aromatic nitrogens is 3. The van der Waals surface area contributed by atoms with E-state index >= 15 is 0 Å². The van der Waals surface area contributed by atoms with Gasteiger partial charge in [0.25, 0.3) is 0 Å². The van der Waals surface area contributed by atoms with Crippen molar-refractivity contribution in [3.63, 3.8) is 0 Å². The molecule has 3 N–H and O–H groups in total. The van der Waals surface area contributed by atoms with Crippen LogP contribution in [0.1, 0.15) is 24.5 Å². The summed E-state index contributed by atoms with van der Waals surface area (Å²) >= 11 is 0. The first-order valence-electron chi connectivity index (χ1n) is 6.22. The molecule has 7 nitrogen and oxygen atoms in total. The van der Waals surface area contributed by atoms with E-state index in [-0.39, 0.29) is 0 Å². The largest absolute Gasteiger partial charge is 0.465 e. The monoisotopic (exact) mass is 261 g/mol. The molecule has 1 saturated heterocycles. The number of nitrogens with two attached hydrogens (primary N) is 1. The molecule has 1 aliphatic rings. The van der Waals surface area contributed by atoms with Gasteiger partial charge in [0.05, 0.1) is 23.8 Å². The molecular formula is C12H15N5O2. The van der Waals surface area contributed by atoms with E-state index in [1.165, 1.54) is 4.90 Å². The second kappa shape index (κ2) is 4.42. The predicted molar refractivity (Wildman–Crippen MR) is 69.0 cm³/mol. The van der Waals surface area contributed by atoms with E-state index < -0.39 is 6.09 Å². The Morgan fingerprint density at radius 2 is 2.16 bits per heavy atom. The number of nitrogen functional groups attached to an aromatic ring is 1. The Bertz CT molecular complexity index is 616. The Hall–Kier alpha value is -2.31. The number of hydrogen-bond donors (Lipinski definition) is 2. The van der Waals surface area contributed by atoms with Gasteiger partial charge in [-0.05, 0) is 12.8 Å². The lowest BCUT2D eigenvalue weighted by atomic mass is 9.94. The van der Waals surface area contributed by atoms with Crippen LogP contribution in [0.15, 0.2) is 18.5 Å². The van der Waals surface area contributed by atoms with Crippen molar-refractivity contribution in [3.05, 3.63) is 24.2 Å². The smallest absolute Gasteiger partial charge is 0.407 e. The lowest BCUT2D eigenvalue weighted by Crippen LogP contribution is -2.36. The molecule has 0 atom stereocenters. The molecule has 0 saturated carbocycles. The topological polar surface area (TPSA) is 96.8 Å². The highest BCUT2D eigenvalue weighted by Gasteiger charge is 2.25. The second-order valence-electron chi connectivity index (χ2n) is 4.80. The molecule has 3 heterocycles. The minimum absolute atomic E-state index is 0.290. The Morgan fingerprint density at radius 3 is 2.84 bits per heavy atom. The van der Waals surface area contributed by atoms with Crippen LogP contribution >= 0.6 is 0 Å². The summed E-state index contributed by atoms with van der Waals surface area (Å²) in [6.07, 6.45) is 4.09. The van der Waals surface area contributed by atoms with E-state index in [2.05, 4.69) is 10.1 Å². The fourth-order valence-electron chi connectivity index (χ4n) is 2.48. The van der Waals surface area contributed by atoms with Gasteiger partial charge in [-0.2, -0.15) is 5.10 Å². The second-order valence-corrected chi connectivity index (χ2v) is 4.80. The minimum Gasteiger partial charge on any atom is -0.465 e. The van der Waals surface area contributed by atoms with Crippen LogP contribution in [-0.2, 0) is 0 Å². The van der Waals surface area contributed by atoms with E-state index in [9.17, 15) is 4.79 Å². The number of likely N-dealkylation sites (tertiary alicyclic amines) is 1. The molecule has 0 aromatic carbocycles. The summed E-state index contributed by atoms with van der Waals surface area (Å²) in [5, 5.41) is 13.4. The molecule has 100 valence electrons. The Kier molecular flexibility index (Phi) is 2.73. The van der Waals surface area contributed by atoms with Crippen molar-refractivity contribution >= 4 is 17.4 Å². The van der Waals surface area contributed by atoms with Crippen LogP contribution in [-0.4, -0.2) is 43.8 Å². The van der Waals surface area contributed by atoms with Crippen LogP contribution < -0.4 is 5.73 Å². The molecule has 2 aromatic rings. The standard InChI is InChI=1S/C12H15N5O2/c13-9-6-14-11-5-10(15-17(11)7-9)8-1-3-16(4-2-8)12(18)19/h5-8H,1-4,13H2,(H,18,19). The number of anilines is 1. The van der Waals surface area contributed by atoms with Crippen molar-refractivity contribution in [2.75, 3.05) is 18.8 Å². The van der Waals surface area contributed by atoms with Crippen LogP contribution in [0, 0.1) is 0 Å². The zero-order valence-electron chi connectivity index (χ0n) is 10.4. The molecule has 0 spiro atoms. The lowest BCUT2D eigenvalue weighted by molar-refractivity contribution is 0.131. The lowest BCUT2D eigenvalue weighted by Gasteiger charge is -2.28. The number of carboxylic acid groups (broad SMARTS) is 1. The summed E-state index contributed by atoms with van der Waals surface area (Å²) in [6.45, 7) is 1.12. The SMILES string of the molecule is Nc1cnc2cc(C3CCN(C(=O)O)CC3)nn2c1. The van der Waals surface area contributed by atoms with Gasteiger partial charge in [-0.3, -0.25) is 0 Å². The zero-order valence-corrected chi connectivity index (χ0v) is 10.4. The van der Waals surface area contributed by atoms with Crippen molar-refractivity contribution in [2.24, 2.45) is 0 Å². The summed E-state index contributed by atoms with van der Waals surface area (Å²) in [5.41, 5.74) is 7.97. The highest BCUT2D eigenvalue weighted by molar-refractivity contribution is 5.65. The van der Waals surface area contributed by atoms with Gasteiger partial charge in [0, 0.05) is 25.1 Å². The van der Waals surface area contributed by atoms with Gasteiger partial charge in [0.1, 0.15) is 0 Å². The van der Waals surface area contributed by atoms with E-state index in [1.54, 1.807) is 16.9 Å². The minimum atomic E-state index is -0.845. The number of nitrogens with zero attached hydrogens (tertiary/aromatic N) is 4. The fourth-order valence-corrected chi connectivity index (χ4v) is 2.48. The van der Waals surface area contributed by atoms with Gasteiger partial charge in [0.2, 0.25) is 0 Å². The van der Waals surface area contributed by atoms with Gasteiger partial charge in [0.15, 0.2) is 5.65 Å². The van der Waals surface area contributed by atoms with Crippen molar-refractivity contribution in [2.45, 2.75) is 18.8 Å². The Balaban J connectivity index is 1.80. The highest BCUT2D eigenvalue weighted by Crippen LogP contribution is 2.27. The van der Waals surface area contributed by atoms with Crippen molar-refractivity contribution in [1.29, 1.82) is 0 Å². The molecule has 1 aliphatic heterocycles. The first kappa shape index (κ1) is 11.8. The van der Waals surface area contributed by atoms with Crippen molar-refractivity contribution < 1.29 is 9.90 Å². The van der Waals surface area contributed by atoms with Crippen LogP contribution in [0.5, 0.6) is 0 Å². The molecule has 0 aliphatic carbocycles. The summed E-state index contributed by atoms with van der Waals surface area (Å²) in [4.78, 5) is 16.5. The summed E-state index contributed by atoms with van der Waals surface area (Å²) < 4.78 is 1.67. The summed E-state index contributed by atoms with van der Waals surface area (Å²) in [7, 11) is 0. The third-order valence-electron chi connectivity index (χ3n) is 3.54. The van der Waals surface area contributed by atoms with E-state index in [4.69, 9.17) is 10.8 Å². The fraction of sp³-hybridized carbons (Fsp3) is 0.417. The molecule has 0 radical (unpaired) electrons. The number of rotatable bonds is 1. The van der Waals surface area contributed by atoms with Crippen LogP contribution in [0.2, 0.25) is 0 Å². The number of amides is 1. The maximum atomic E-state index is 10.9. The first-order valence-corrected chi connectivity index (χ1v) is 6.22. The molecule has 1 fully saturated rings. The van der Waals surface area contributed by atoms with Gasteiger partial charge in [-0.1, -0.05) is 0 Å². The number of carbonyl (C=O) groups is 1. The van der Waals surface area contributed by atoms with E-state index in [0.717, 1.165) is 24.2 Å². The predicted octanol–water partition coefficient (Wildman–Crippen LogP) is 1.17. The van der Waals surface area contributed by atoms with E-state index in [1.807, 2.05) is 6.07 Å². The summed E-state index contributed by atoms with van der Waals surface area (Å²) in [5.74, 6) is 0.290. The molecule has 0 bridgehead atoms. The highest BCUT2D eigenvalue weighted by atomic mass is 16.4. The van der Waals surface area contributed by atoms with Gasteiger partial charge >= 0.3 is 6.09 Å². The Morgan fingerprint density at radius 1 is 1.42 bits per heavy atom. The molecule has 1 amide bonds. The molecular weight excluding hydrogens is 246 g/mol. The normalized spacial score (nSPS) is 16.9. The number of hydrogen-bond acceptors (Lipinski definition) is 4. The first-order chi connectivity index (χ1) is 9.13. The maximum Gasteiger partial charge on any atom is 0.407 e. The van der Waals surface area contributed by atoms with Gasteiger partial charge in [-0.25, -0.2) is 14.3 Å². The van der Waals surface area contributed by atoms with Crippen LogP contribution in [0.3, 0.4) is 0 Å². The third-order valence-corrected chi connectivity index (χ3v) is 3.54. The van der Waals surface area contributed by atoms with Crippen molar-refractivity contribution in [3.8, 4) is 0 Å². The van der Waals surface area contributed by atoms with Crippen LogP contribution in [0.25, 0.3) is 5.65 Å². The molecule has 2 aromatic heterocycles. The summed E-state index contributed by atoms with van der Waals surface area (Å²) in [6, 6.07) is 1.94. The molecule has 0 unspecified atom stereocenters. The van der Waals surface area contributed by atoms with Gasteiger partial charge < -0.3 is 15.7 Å². The average Bonchev–Trinajstić information content (AvgIpc) is 2.81. The van der Waals surface area contributed by atoms with Crippen LogP contribution in [0.4, 0.5) is 10.5 Å². The molecule has 3 rings (SSSR count). The van der Waals surface area contributed by atoms with Gasteiger partial charge in [-0.15, -0.1) is 0 Å². The molecule has 19 heavy (non-hydrogen) atoms. The number of fused-ring (bicyclic) bond motifs is 1. The zero-order chi connectivity index (χ0) is 13.4.